The van der Waals surface area contributed by atoms with E-state index in [1.165, 1.54) is 16.7 Å². The van der Waals surface area contributed by atoms with Gasteiger partial charge in [-0.2, -0.15) is 4.98 Å². The van der Waals surface area contributed by atoms with E-state index in [1.54, 1.807) is 0 Å². The number of aromatic nitrogens is 6. The fourth-order valence-corrected chi connectivity index (χ4v) is 5.09. The van der Waals surface area contributed by atoms with Gasteiger partial charge in [-0.25, -0.2) is 15.0 Å². The molecule has 178 valence electrons. The van der Waals surface area contributed by atoms with Gasteiger partial charge >= 0.3 is 0 Å². The van der Waals surface area contributed by atoms with Gasteiger partial charge in [0.1, 0.15) is 5.52 Å². The maximum atomic E-state index is 5.16. The molecule has 2 atom stereocenters. The molecule has 5 rings (SSSR count). The fourth-order valence-electron chi connectivity index (χ4n) is 5.09. The van der Waals surface area contributed by atoms with Crippen LogP contribution in [-0.2, 0) is 18.9 Å². The van der Waals surface area contributed by atoms with E-state index in [-0.39, 0.29) is 5.41 Å². The summed E-state index contributed by atoms with van der Waals surface area (Å²) in [6.07, 6.45) is 10.6. The average Bonchev–Trinajstić information content (AvgIpc) is 3.45. The molecule has 7 nitrogen and oxygen atoms in total. The molecule has 1 saturated heterocycles. The minimum Gasteiger partial charge on any atom is -0.338 e. The Morgan fingerprint density at radius 3 is 2.65 bits per heavy atom. The molecule has 1 aromatic carbocycles. The Labute approximate surface area is 201 Å². The number of benzene rings is 1. The quantitative estimate of drug-likeness (QED) is 0.432. The first-order valence-electron chi connectivity index (χ1n) is 12.2. The van der Waals surface area contributed by atoms with Gasteiger partial charge in [0, 0.05) is 44.5 Å². The summed E-state index contributed by atoms with van der Waals surface area (Å²) in [4.78, 5) is 21.3. The van der Waals surface area contributed by atoms with E-state index in [2.05, 4.69) is 78.4 Å². The summed E-state index contributed by atoms with van der Waals surface area (Å²) in [7, 11) is 2.03. The lowest BCUT2D eigenvalue weighted by atomic mass is 9.84. The van der Waals surface area contributed by atoms with Crippen LogP contribution in [0.2, 0.25) is 0 Å². The lowest BCUT2D eigenvalue weighted by Crippen LogP contribution is -2.42. The van der Waals surface area contributed by atoms with Crippen LogP contribution in [0, 0.1) is 6.92 Å². The molecule has 4 aromatic rings. The van der Waals surface area contributed by atoms with Crippen molar-refractivity contribution < 1.29 is 0 Å². The van der Waals surface area contributed by atoms with Crippen LogP contribution in [0.4, 0.5) is 5.95 Å². The molecule has 0 amide bonds. The fraction of sp³-hybridized carbons (Fsp3) is 0.481. The number of anilines is 1. The predicted molar refractivity (Wildman–Crippen MR) is 136 cm³/mol. The predicted octanol–water partition coefficient (Wildman–Crippen LogP) is 4.99. The van der Waals surface area contributed by atoms with Crippen molar-refractivity contribution >= 4 is 17.1 Å². The summed E-state index contributed by atoms with van der Waals surface area (Å²) < 4.78 is 4.28. The van der Waals surface area contributed by atoms with Gasteiger partial charge in [0.25, 0.3) is 0 Å². The molecule has 3 aromatic heterocycles. The molecule has 0 N–H and O–H groups in total. The third kappa shape index (κ3) is 4.19. The zero-order chi connectivity index (χ0) is 24.0. The minimum absolute atomic E-state index is 0.107. The van der Waals surface area contributed by atoms with Crippen molar-refractivity contribution in [2.45, 2.75) is 71.4 Å². The number of rotatable bonds is 4. The van der Waals surface area contributed by atoms with Crippen LogP contribution < -0.4 is 4.90 Å². The van der Waals surface area contributed by atoms with Gasteiger partial charge in [-0.15, -0.1) is 0 Å². The number of aryl methyl sites for hydroxylation is 2. The van der Waals surface area contributed by atoms with Crippen molar-refractivity contribution in [3.8, 4) is 0 Å². The molecule has 34 heavy (non-hydrogen) atoms. The first-order chi connectivity index (χ1) is 16.2. The van der Waals surface area contributed by atoms with Gasteiger partial charge in [0.15, 0.2) is 5.65 Å². The van der Waals surface area contributed by atoms with E-state index in [9.17, 15) is 0 Å². The highest BCUT2D eigenvalue weighted by atomic mass is 15.3. The molecule has 0 aliphatic carbocycles. The molecule has 0 radical (unpaired) electrons. The number of fused-ring (bicyclic) bond motifs is 1. The van der Waals surface area contributed by atoms with Crippen molar-refractivity contribution in [1.29, 1.82) is 0 Å². The summed E-state index contributed by atoms with van der Waals surface area (Å²) in [6, 6.07) is 7.63. The van der Waals surface area contributed by atoms with E-state index < -0.39 is 0 Å². The van der Waals surface area contributed by atoms with Gasteiger partial charge in [-0.3, -0.25) is 0 Å². The highest BCUT2D eigenvalue weighted by molar-refractivity contribution is 5.75. The Morgan fingerprint density at radius 2 is 1.94 bits per heavy atom. The molecular formula is C27H35N7. The monoisotopic (exact) mass is 457 g/mol. The first kappa shape index (κ1) is 22.6. The van der Waals surface area contributed by atoms with Gasteiger partial charge < -0.3 is 14.0 Å². The minimum atomic E-state index is 0.107. The number of nitrogens with zero attached hydrogens (tertiary/aromatic N) is 7. The van der Waals surface area contributed by atoms with Crippen molar-refractivity contribution in [2.75, 3.05) is 11.4 Å². The number of imidazole rings is 2. The molecule has 7 heteroatoms. The highest BCUT2D eigenvalue weighted by Gasteiger charge is 2.29. The zero-order valence-electron chi connectivity index (χ0n) is 21.2. The summed E-state index contributed by atoms with van der Waals surface area (Å²) in [5.41, 5.74) is 6.89. The second-order valence-corrected chi connectivity index (χ2v) is 10.8. The molecular weight excluding hydrogens is 422 g/mol. The van der Waals surface area contributed by atoms with Crippen LogP contribution >= 0.6 is 0 Å². The van der Waals surface area contributed by atoms with Crippen molar-refractivity contribution in [3.05, 3.63) is 65.6 Å². The van der Waals surface area contributed by atoms with Crippen molar-refractivity contribution in [3.63, 3.8) is 0 Å². The Balaban J connectivity index is 1.50. The SMILES string of the molecule is Cc1ccc(C(C)(C)C)cc1Cc1nc(N2CCC(n3ccnc3)CC2C)nc2ncn(C)c12. The Kier molecular flexibility index (Phi) is 5.66. The third-order valence-corrected chi connectivity index (χ3v) is 7.26. The number of hydrogen-bond acceptors (Lipinski definition) is 5. The molecule has 0 saturated carbocycles. The van der Waals surface area contributed by atoms with E-state index in [4.69, 9.17) is 9.97 Å². The van der Waals surface area contributed by atoms with E-state index in [0.29, 0.717) is 12.1 Å². The maximum absolute atomic E-state index is 5.16. The van der Waals surface area contributed by atoms with E-state index in [1.807, 2.05) is 30.5 Å². The normalized spacial score (nSPS) is 19.2. The topological polar surface area (TPSA) is 64.7 Å². The molecule has 1 aliphatic rings. The molecule has 4 heterocycles. The number of hydrogen-bond donors (Lipinski definition) is 0. The highest BCUT2D eigenvalue weighted by Crippen LogP contribution is 2.31. The summed E-state index contributed by atoms with van der Waals surface area (Å²) >= 11 is 0. The molecule has 0 bridgehead atoms. The molecule has 1 aliphatic heterocycles. The Hall–Kier alpha value is -3.22. The van der Waals surface area contributed by atoms with Gasteiger partial charge in [-0.05, 0) is 48.8 Å². The van der Waals surface area contributed by atoms with E-state index in [0.717, 1.165) is 48.6 Å². The zero-order valence-corrected chi connectivity index (χ0v) is 21.2. The maximum Gasteiger partial charge on any atom is 0.228 e. The smallest absolute Gasteiger partial charge is 0.228 e. The van der Waals surface area contributed by atoms with Crippen LogP contribution in [0.25, 0.3) is 11.2 Å². The third-order valence-electron chi connectivity index (χ3n) is 7.26. The van der Waals surface area contributed by atoms with Gasteiger partial charge in [-0.1, -0.05) is 39.0 Å². The van der Waals surface area contributed by atoms with Crippen molar-refractivity contribution in [1.82, 2.24) is 29.1 Å². The Bertz CT molecular complexity index is 1300. The lowest BCUT2D eigenvalue weighted by molar-refractivity contribution is 0.345. The largest absolute Gasteiger partial charge is 0.338 e. The summed E-state index contributed by atoms with van der Waals surface area (Å²) in [6.45, 7) is 12.2. The molecule has 1 fully saturated rings. The second kappa shape index (κ2) is 8.53. The summed E-state index contributed by atoms with van der Waals surface area (Å²) in [5, 5.41) is 0. The summed E-state index contributed by atoms with van der Waals surface area (Å²) in [5.74, 6) is 0.794. The van der Waals surface area contributed by atoms with Crippen LogP contribution in [0.15, 0.2) is 43.2 Å². The first-order valence-corrected chi connectivity index (χ1v) is 12.2. The van der Waals surface area contributed by atoms with Gasteiger partial charge in [0.05, 0.1) is 18.3 Å². The van der Waals surface area contributed by atoms with Crippen LogP contribution in [-0.4, -0.2) is 41.7 Å². The molecule has 0 spiro atoms. The van der Waals surface area contributed by atoms with E-state index >= 15 is 0 Å². The second-order valence-electron chi connectivity index (χ2n) is 10.8. The van der Waals surface area contributed by atoms with Crippen LogP contribution in [0.5, 0.6) is 0 Å². The standard InChI is InChI=1S/C27H35N7/c1-18-7-8-21(27(3,4)5)14-20(18)15-23-24-25(29-17-32(24)6)31-26(30-23)34-11-9-22(13-19(34)2)33-12-10-28-16-33/h7-8,10,12,14,16-17,19,22H,9,11,13,15H2,1-6H3. The average molecular weight is 458 g/mol. The number of piperidine rings is 1. The van der Waals surface area contributed by atoms with Crippen molar-refractivity contribution in [2.24, 2.45) is 7.05 Å². The van der Waals surface area contributed by atoms with Crippen LogP contribution in [0.3, 0.4) is 0 Å². The Morgan fingerprint density at radius 1 is 1.12 bits per heavy atom. The van der Waals surface area contributed by atoms with Crippen LogP contribution in [0.1, 0.15) is 69.0 Å². The van der Waals surface area contributed by atoms with Gasteiger partial charge in [0.2, 0.25) is 5.95 Å². The molecule has 2 unspecified atom stereocenters. The lowest BCUT2D eigenvalue weighted by Gasteiger charge is -2.38.